The summed E-state index contributed by atoms with van der Waals surface area (Å²) in [5, 5.41) is 0. The van der Waals surface area contributed by atoms with E-state index in [1.807, 2.05) is 6.07 Å². The predicted octanol–water partition coefficient (Wildman–Crippen LogP) is 1.71. The lowest BCUT2D eigenvalue weighted by molar-refractivity contribution is 0.260. The summed E-state index contributed by atoms with van der Waals surface area (Å²) in [6.45, 7) is 4.19. The maximum Gasteiger partial charge on any atom is 0.123 e. The molecule has 0 amide bonds. The second kappa shape index (κ2) is 6.46. The third kappa shape index (κ3) is 4.27. The van der Waals surface area contributed by atoms with E-state index in [0.29, 0.717) is 0 Å². The van der Waals surface area contributed by atoms with Crippen LogP contribution in [0.4, 0.5) is 4.39 Å². The second-order valence-corrected chi connectivity index (χ2v) is 5.80. The van der Waals surface area contributed by atoms with Gasteiger partial charge in [0, 0.05) is 25.7 Å². The highest BCUT2D eigenvalue weighted by atomic mass is 19.1. The van der Waals surface area contributed by atoms with Gasteiger partial charge in [0.2, 0.25) is 0 Å². The Hall–Kier alpha value is -0.970. The summed E-state index contributed by atoms with van der Waals surface area (Å²) in [4.78, 5) is 4.63. The van der Waals surface area contributed by atoms with Crippen LogP contribution < -0.4 is 5.73 Å². The van der Waals surface area contributed by atoms with Gasteiger partial charge in [-0.05, 0) is 50.7 Å². The summed E-state index contributed by atoms with van der Waals surface area (Å²) in [6, 6.07) is 6.47. The molecule has 1 heterocycles. The van der Waals surface area contributed by atoms with Crippen LogP contribution in [0.1, 0.15) is 18.0 Å². The molecule has 19 heavy (non-hydrogen) atoms. The van der Waals surface area contributed by atoms with E-state index in [1.165, 1.54) is 31.6 Å². The van der Waals surface area contributed by atoms with Crippen LogP contribution in [-0.4, -0.2) is 50.1 Å². The molecule has 0 aromatic heterocycles. The molecule has 0 saturated carbocycles. The van der Waals surface area contributed by atoms with Gasteiger partial charge in [0.25, 0.3) is 0 Å². The minimum atomic E-state index is -0.215. The molecule has 0 bridgehead atoms. The van der Waals surface area contributed by atoms with Crippen molar-refractivity contribution in [3.8, 4) is 0 Å². The normalized spacial score (nSPS) is 22.1. The highest BCUT2D eigenvalue weighted by molar-refractivity contribution is 5.20. The zero-order valence-corrected chi connectivity index (χ0v) is 11.8. The van der Waals surface area contributed by atoms with Crippen molar-refractivity contribution >= 4 is 0 Å². The molecule has 0 radical (unpaired) electrons. The minimum Gasteiger partial charge on any atom is -0.323 e. The maximum absolute atomic E-state index is 13.2. The van der Waals surface area contributed by atoms with Crippen LogP contribution in [0.3, 0.4) is 0 Å². The zero-order valence-electron chi connectivity index (χ0n) is 11.8. The van der Waals surface area contributed by atoms with Crippen molar-refractivity contribution in [1.29, 1.82) is 0 Å². The van der Waals surface area contributed by atoms with Crippen LogP contribution in [0, 0.1) is 11.7 Å². The molecular weight excluding hydrogens is 241 g/mol. The van der Waals surface area contributed by atoms with Gasteiger partial charge in [0.1, 0.15) is 5.82 Å². The average Bonchev–Trinajstić information content (AvgIpc) is 2.74. The number of benzene rings is 1. The second-order valence-electron chi connectivity index (χ2n) is 5.80. The number of hydrogen-bond acceptors (Lipinski definition) is 3. The molecule has 1 saturated heterocycles. The van der Waals surface area contributed by atoms with E-state index in [2.05, 4.69) is 23.9 Å². The molecule has 1 aromatic rings. The minimum absolute atomic E-state index is 0.125. The predicted molar refractivity (Wildman–Crippen MR) is 76.4 cm³/mol. The van der Waals surface area contributed by atoms with Crippen LogP contribution >= 0.6 is 0 Å². The molecule has 1 fully saturated rings. The first-order valence-corrected chi connectivity index (χ1v) is 6.92. The Morgan fingerprint density at radius 1 is 1.53 bits per heavy atom. The molecule has 4 heteroatoms. The molecule has 2 rings (SSSR count). The van der Waals surface area contributed by atoms with Crippen LogP contribution in [0.15, 0.2) is 24.3 Å². The first kappa shape index (κ1) is 14.4. The SMILES string of the molecule is CN1CCC(CN(C)CC(N)c2cccc(F)c2)C1. The van der Waals surface area contributed by atoms with Crippen molar-refractivity contribution in [1.82, 2.24) is 9.80 Å². The van der Waals surface area contributed by atoms with Crippen LogP contribution in [0.2, 0.25) is 0 Å². The van der Waals surface area contributed by atoms with Gasteiger partial charge in [-0.3, -0.25) is 0 Å². The average molecular weight is 265 g/mol. The summed E-state index contributed by atoms with van der Waals surface area (Å²) in [5.74, 6) is 0.516. The van der Waals surface area contributed by atoms with Gasteiger partial charge in [-0.25, -0.2) is 4.39 Å². The molecule has 2 unspecified atom stereocenters. The van der Waals surface area contributed by atoms with Crippen LogP contribution in [0.5, 0.6) is 0 Å². The van der Waals surface area contributed by atoms with E-state index in [0.717, 1.165) is 24.6 Å². The third-order valence-electron chi connectivity index (χ3n) is 3.84. The van der Waals surface area contributed by atoms with Crippen molar-refractivity contribution in [2.24, 2.45) is 11.7 Å². The summed E-state index contributed by atoms with van der Waals surface area (Å²) in [7, 11) is 4.26. The highest BCUT2D eigenvalue weighted by Crippen LogP contribution is 2.17. The first-order chi connectivity index (χ1) is 9.04. The van der Waals surface area contributed by atoms with E-state index < -0.39 is 0 Å². The Kier molecular flexibility index (Phi) is 4.91. The fourth-order valence-electron chi connectivity index (χ4n) is 2.87. The molecule has 3 nitrogen and oxygen atoms in total. The Bertz CT molecular complexity index is 410. The van der Waals surface area contributed by atoms with Gasteiger partial charge in [-0.2, -0.15) is 0 Å². The maximum atomic E-state index is 13.2. The van der Waals surface area contributed by atoms with Gasteiger partial charge in [0.15, 0.2) is 0 Å². The Morgan fingerprint density at radius 3 is 2.95 bits per heavy atom. The Morgan fingerprint density at radius 2 is 2.32 bits per heavy atom. The molecule has 0 aliphatic carbocycles. The molecule has 0 spiro atoms. The van der Waals surface area contributed by atoms with Gasteiger partial charge in [-0.15, -0.1) is 0 Å². The fourth-order valence-corrected chi connectivity index (χ4v) is 2.87. The quantitative estimate of drug-likeness (QED) is 0.879. The van der Waals surface area contributed by atoms with Crippen molar-refractivity contribution in [3.05, 3.63) is 35.6 Å². The number of hydrogen-bond donors (Lipinski definition) is 1. The van der Waals surface area contributed by atoms with Crippen molar-refractivity contribution < 1.29 is 4.39 Å². The zero-order chi connectivity index (χ0) is 13.8. The molecular formula is C15H24FN3. The first-order valence-electron chi connectivity index (χ1n) is 6.92. The lowest BCUT2D eigenvalue weighted by atomic mass is 10.1. The van der Waals surface area contributed by atoms with E-state index in [9.17, 15) is 4.39 Å². The van der Waals surface area contributed by atoms with Crippen molar-refractivity contribution in [2.45, 2.75) is 12.5 Å². The smallest absolute Gasteiger partial charge is 0.123 e. The molecule has 1 aromatic carbocycles. The summed E-state index contributed by atoms with van der Waals surface area (Å²) >= 11 is 0. The molecule has 106 valence electrons. The largest absolute Gasteiger partial charge is 0.323 e. The number of halogens is 1. The van der Waals surface area contributed by atoms with E-state index in [1.54, 1.807) is 6.07 Å². The summed E-state index contributed by atoms with van der Waals surface area (Å²) in [6.07, 6.45) is 1.26. The fraction of sp³-hybridized carbons (Fsp3) is 0.600. The molecule has 2 N–H and O–H groups in total. The summed E-state index contributed by atoms with van der Waals surface area (Å²) < 4.78 is 13.2. The molecule has 2 atom stereocenters. The lowest BCUT2D eigenvalue weighted by Crippen LogP contribution is -2.33. The number of nitrogens with two attached hydrogens (primary N) is 1. The van der Waals surface area contributed by atoms with Crippen LogP contribution in [-0.2, 0) is 0 Å². The van der Waals surface area contributed by atoms with Gasteiger partial charge < -0.3 is 15.5 Å². The third-order valence-corrected chi connectivity index (χ3v) is 3.84. The van der Waals surface area contributed by atoms with Crippen LogP contribution in [0.25, 0.3) is 0 Å². The number of likely N-dealkylation sites (N-methyl/N-ethyl adjacent to an activating group) is 1. The van der Waals surface area contributed by atoms with E-state index in [4.69, 9.17) is 5.73 Å². The number of nitrogens with zero attached hydrogens (tertiary/aromatic N) is 2. The standard InChI is InChI=1S/C15H24FN3/c1-18-7-6-12(9-18)10-19(2)11-15(17)13-4-3-5-14(16)8-13/h3-5,8,12,15H,6-7,9-11,17H2,1-2H3. The van der Waals surface area contributed by atoms with Gasteiger partial charge in [-0.1, -0.05) is 12.1 Å². The van der Waals surface area contributed by atoms with E-state index in [-0.39, 0.29) is 11.9 Å². The van der Waals surface area contributed by atoms with Gasteiger partial charge >= 0.3 is 0 Å². The van der Waals surface area contributed by atoms with Crippen molar-refractivity contribution in [3.63, 3.8) is 0 Å². The number of rotatable bonds is 5. The monoisotopic (exact) mass is 265 g/mol. The Labute approximate surface area is 115 Å². The topological polar surface area (TPSA) is 32.5 Å². The van der Waals surface area contributed by atoms with Crippen molar-refractivity contribution in [2.75, 3.05) is 40.3 Å². The summed E-state index contributed by atoms with van der Waals surface area (Å²) in [5.41, 5.74) is 7.02. The number of likely N-dealkylation sites (tertiary alicyclic amines) is 1. The van der Waals surface area contributed by atoms with E-state index >= 15 is 0 Å². The lowest BCUT2D eigenvalue weighted by Gasteiger charge is -2.24. The Balaban J connectivity index is 1.83. The van der Waals surface area contributed by atoms with Gasteiger partial charge in [0.05, 0.1) is 0 Å². The molecule has 1 aliphatic rings. The molecule has 1 aliphatic heterocycles. The highest BCUT2D eigenvalue weighted by Gasteiger charge is 2.21.